The molecule has 0 amide bonds. The van der Waals surface area contributed by atoms with Gasteiger partial charge in [0.05, 0.1) is 11.7 Å². The Morgan fingerprint density at radius 2 is 2.19 bits per heavy atom. The van der Waals surface area contributed by atoms with Gasteiger partial charge in [-0.25, -0.2) is 0 Å². The average Bonchev–Trinajstić information content (AvgIpc) is 2.33. The zero-order chi connectivity index (χ0) is 11.5. The van der Waals surface area contributed by atoms with E-state index in [-0.39, 0.29) is 5.60 Å². The SMILES string of the molecule is CC1=CC[C@H]2[C@H]3[C@@H]1O[C@]2(C)CC[C@H]3C(C)C. The van der Waals surface area contributed by atoms with Gasteiger partial charge in [-0.05, 0) is 62.4 Å². The largest absolute Gasteiger partial charge is 0.367 e. The van der Waals surface area contributed by atoms with Gasteiger partial charge in [0.25, 0.3) is 0 Å². The number of hydrogen-bond acceptors (Lipinski definition) is 1. The first-order chi connectivity index (χ1) is 7.53. The minimum Gasteiger partial charge on any atom is -0.367 e. The maximum Gasteiger partial charge on any atom is 0.0824 e. The molecule has 1 aliphatic heterocycles. The van der Waals surface area contributed by atoms with E-state index in [9.17, 15) is 0 Å². The van der Waals surface area contributed by atoms with Crippen molar-refractivity contribution in [2.75, 3.05) is 0 Å². The molecule has 1 nitrogen and oxygen atoms in total. The normalized spacial score (nSPS) is 50.7. The van der Waals surface area contributed by atoms with Crippen LogP contribution < -0.4 is 0 Å². The van der Waals surface area contributed by atoms with Crippen molar-refractivity contribution in [1.29, 1.82) is 0 Å². The fourth-order valence-corrected chi connectivity index (χ4v) is 4.50. The van der Waals surface area contributed by atoms with Crippen LogP contribution in [0.15, 0.2) is 11.6 Å². The molecule has 3 rings (SSSR count). The molecule has 0 spiro atoms. The minimum absolute atomic E-state index is 0.189. The molecule has 1 saturated heterocycles. The highest BCUT2D eigenvalue weighted by Gasteiger charge is 2.58. The lowest BCUT2D eigenvalue weighted by atomic mass is 9.59. The summed E-state index contributed by atoms with van der Waals surface area (Å²) in [6, 6.07) is 0. The van der Waals surface area contributed by atoms with E-state index in [4.69, 9.17) is 4.74 Å². The topological polar surface area (TPSA) is 9.23 Å². The molecule has 0 aromatic rings. The van der Waals surface area contributed by atoms with Crippen LogP contribution in [0.3, 0.4) is 0 Å². The van der Waals surface area contributed by atoms with Gasteiger partial charge in [0, 0.05) is 0 Å². The van der Waals surface area contributed by atoms with Crippen LogP contribution in [0.25, 0.3) is 0 Å². The summed E-state index contributed by atoms with van der Waals surface area (Å²) in [6.07, 6.45) is 6.78. The molecule has 0 aromatic carbocycles. The molecule has 90 valence electrons. The van der Waals surface area contributed by atoms with E-state index in [1.54, 1.807) is 0 Å². The number of ether oxygens (including phenoxy) is 1. The molecule has 5 atom stereocenters. The fourth-order valence-electron chi connectivity index (χ4n) is 4.50. The summed E-state index contributed by atoms with van der Waals surface area (Å²) in [6.45, 7) is 9.40. The Labute approximate surface area is 99.3 Å². The van der Waals surface area contributed by atoms with E-state index in [0.29, 0.717) is 6.10 Å². The van der Waals surface area contributed by atoms with Gasteiger partial charge in [-0.15, -0.1) is 0 Å². The first-order valence-corrected chi connectivity index (χ1v) is 6.87. The van der Waals surface area contributed by atoms with E-state index >= 15 is 0 Å². The molecule has 0 unspecified atom stereocenters. The Morgan fingerprint density at radius 3 is 2.88 bits per heavy atom. The highest BCUT2D eigenvalue weighted by Crippen LogP contribution is 2.58. The molecule has 0 radical (unpaired) electrons. The molecule has 4 bridgehead atoms. The van der Waals surface area contributed by atoms with Crippen LogP contribution >= 0.6 is 0 Å². The van der Waals surface area contributed by atoms with Crippen molar-refractivity contribution in [2.24, 2.45) is 23.7 Å². The first kappa shape index (κ1) is 10.8. The summed E-state index contributed by atoms with van der Waals surface area (Å²) >= 11 is 0. The molecule has 2 fully saturated rings. The van der Waals surface area contributed by atoms with Gasteiger partial charge in [-0.2, -0.15) is 0 Å². The molecule has 2 aliphatic carbocycles. The van der Waals surface area contributed by atoms with Crippen molar-refractivity contribution >= 4 is 0 Å². The van der Waals surface area contributed by atoms with E-state index in [1.807, 2.05) is 0 Å². The van der Waals surface area contributed by atoms with Crippen molar-refractivity contribution in [3.63, 3.8) is 0 Å². The second kappa shape index (κ2) is 3.35. The molecule has 3 aliphatic rings. The van der Waals surface area contributed by atoms with Crippen LogP contribution in [0, 0.1) is 23.7 Å². The van der Waals surface area contributed by atoms with Crippen LogP contribution in [0.2, 0.25) is 0 Å². The third-order valence-electron chi connectivity index (χ3n) is 5.46. The number of rotatable bonds is 1. The Kier molecular flexibility index (Phi) is 2.27. The van der Waals surface area contributed by atoms with Crippen molar-refractivity contribution in [3.05, 3.63) is 11.6 Å². The average molecular weight is 220 g/mol. The highest BCUT2D eigenvalue weighted by molar-refractivity contribution is 5.22. The molecule has 1 heterocycles. The monoisotopic (exact) mass is 220 g/mol. The van der Waals surface area contributed by atoms with E-state index in [0.717, 1.165) is 23.7 Å². The van der Waals surface area contributed by atoms with Crippen LogP contribution in [-0.4, -0.2) is 11.7 Å². The van der Waals surface area contributed by atoms with Gasteiger partial charge >= 0.3 is 0 Å². The summed E-state index contributed by atoms with van der Waals surface area (Å²) in [7, 11) is 0. The third kappa shape index (κ3) is 1.27. The van der Waals surface area contributed by atoms with Crippen LogP contribution in [0.4, 0.5) is 0 Å². The van der Waals surface area contributed by atoms with E-state index in [2.05, 4.69) is 33.8 Å². The summed E-state index contributed by atoms with van der Waals surface area (Å²) in [5, 5.41) is 0. The highest BCUT2D eigenvalue weighted by atomic mass is 16.5. The Hall–Kier alpha value is -0.300. The van der Waals surface area contributed by atoms with Crippen molar-refractivity contribution in [3.8, 4) is 0 Å². The van der Waals surface area contributed by atoms with E-state index in [1.165, 1.54) is 24.8 Å². The van der Waals surface area contributed by atoms with Crippen LogP contribution in [0.5, 0.6) is 0 Å². The van der Waals surface area contributed by atoms with Gasteiger partial charge in [-0.1, -0.05) is 19.9 Å². The quantitative estimate of drug-likeness (QED) is 0.611. The second-order valence-corrected chi connectivity index (χ2v) is 6.67. The van der Waals surface area contributed by atoms with Gasteiger partial charge in [0.1, 0.15) is 0 Å². The molecule has 16 heavy (non-hydrogen) atoms. The van der Waals surface area contributed by atoms with Gasteiger partial charge in [-0.3, -0.25) is 0 Å². The fraction of sp³-hybridized carbons (Fsp3) is 0.867. The lowest BCUT2D eigenvalue weighted by molar-refractivity contribution is -0.0365. The predicted octanol–water partition coefficient (Wildman–Crippen LogP) is 3.79. The molecule has 0 aromatic heterocycles. The Bertz CT molecular complexity index is 330. The summed E-state index contributed by atoms with van der Waals surface area (Å²) in [4.78, 5) is 0. The molecule has 0 N–H and O–H groups in total. The lowest BCUT2D eigenvalue weighted by Gasteiger charge is -2.43. The third-order valence-corrected chi connectivity index (χ3v) is 5.46. The standard InChI is InChI=1S/C15H24O/c1-9(2)11-7-8-15(4)12-6-5-10(3)14(16-15)13(11)12/h5,9,11-14H,6-8H2,1-4H3/t11-,12-,13-,14+,15+/m0/s1. The number of allylic oxidation sites excluding steroid dienone is 1. The van der Waals surface area contributed by atoms with Crippen LogP contribution in [0.1, 0.15) is 47.0 Å². The van der Waals surface area contributed by atoms with Crippen molar-refractivity contribution in [2.45, 2.75) is 58.7 Å². The zero-order valence-corrected chi connectivity index (χ0v) is 11.0. The second-order valence-electron chi connectivity index (χ2n) is 6.67. The molecular weight excluding hydrogens is 196 g/mol. The minimum atomic E-state index is 0.189. The Balaban J connectivity index is 1.99. The lowest BCUT2D eigenvalue weighted by Crippen LogP contribution is -2.43. The Morgan fingerprint density at radius 1 is 1.44 bits per heavy atom. The van der Waals surface area contributed by atoms with Gasteiger partial charge in [0.2, 0.25) is 0 Å². The molecule has 1 saturated carbocycles. The first-order valence-electron chi connectivity index (χ1n) is 6.87. The predicted molar refractivity (Wildman–Crippen MR) is 66.2 cm³/mol. The molecule has 1 heteroatoms. The summed E-state index contributed by atoms with van der Waals surface area (Å²) in [5.74, 6) is 3.30. The zero-order valence-electron chi connectivity index (χ0n) is 11.0. The van der Waals surface area contributed by atoms with Crippen molar-refractivity contribution < 1.29 is 4.74 Å². The number of hydrogen-bond donors (Lipinski definition) is 0. The van der Waals surface area contributed by atoms with Crippen molar-refractivity contribution in [1.82, 2.24) is 0 Å². The van der Waals surface area contributed by atoms with Crippen LogP contribution in [-0.2, 0) is 4.74 Å². The molecular formula is C15H24O. The van der Waals surface area contributed by atoms with Gasteiger partial charge in [0.15, 0.2) is 0 Å². The summed E-state index contributed by atoms with van der Waals surface area (Å²) < 4.78 is 6.42. The van der Waals surface area contributed by atoms with Gasteiger partial charge < -0.3 is 4.74 Å². The maximum absolute atomic E-state index is 6.42. The van der Waals surface area contributed by atoms with E-state index < -0.39 is 0 Å². The summed E-state index contributed by atoms with van der Waals surface area (Å²) in [5.41, 5.74) is 1.69. The smallest absolute Gasteiger partial charge is 0.0824 e. The maximum atomic E-state index is 6.42.